The van der Waals surface area contributed by atoms with Gasteiger partial charge in [0, 0.05) is 18.7 Å². The highest BCUT2D eigenvalue weighted by atomic mass is 19.4. The molecule has 8 heteroatoms. The maximum Gasteiger partial charge on any atom is 0.418 e. The van der Waals surface area contributed by atoms with E-state index in [1.165, 1.54) is 43.1 Å². The lowest BCUT2D eigenvalue weighted by Crippen LogP contribution is -2.18. The molecule has 0 aliphatic heterocycles. The largest absolute Gasteiger partial charge is 0.418 e. The van der Waals surface area contributed by atoms with E-state index in [0.717, 1.165) is 18.2 Å². The standard InChI is InChI=1S/C29H29F6NO/c1-17(2)12-25(19(4)37)22-14-21(20-7-9-23(10-8-20)28(30,31)32)15-24(16-22)36(5)27-13-18(3)6-11-26(27)29(33,34)35/h6-11,13-17,25H,12H2,1-5H3. The highest BCUT2D eigenvalue weighted by molar-refractivity contribution is 5.85. The van der Waals surface area contributed by atoms with Crippen molar-refractivity contribution in [3.63, 3.8) is 0 Å². The van der Waals surface area contributed by atoms with Gasteiger partial charge in [-0.15, -0.1) is 0 Å². The van der Waals surface area contributed by atoms with Crippen LogP contribution in [0.1, 0.15) is 55.4 Å². The second kappa shape index (κ2) is 10.6. The Morgan fingerprint density at radius 1 is 0.838 bits per heavy atom. The summed E-state index contributed by atoms with van der Waals surface area (Å²) in [6.07, 6.45) is -8.57. The molecule has 0 heterocycles. The number of nitrogens with zero attached hydrogens (tertiary/aromatic N) is 1. The molecule has 3 aromatic carbocycles. The summed E-state index contributed by atoms with van der Waals surface area (Å²) in [6, 6.07) is 13.5. The van der Waals surface area contributed by atoms with Crippen molar-refractivity contribution >= 4 is 17.2 Å². The van der Waals surface area contributed by atoms with Crippen molar-refractivity contribution in [1.29, 1.82) is 0 Å². The average Bonchev–Trinajstić information content (AvgIpc) is 2.80. The molecule has 0 bridgehead atoms. The van der Waals surface area contributed by atoms with Gasteiger partial charge in [0.1, 0.15) is 5.78 Å². The smallest absolute Gasteiger partial charge is 0.344 e. The quantitative estimate of drug-likeness (QED) is 0.289. The molecule has 2 nitrogen and oxygen atoms in total. The van der Waals surface area contributed by atoms with Crippen LogP contribution in [0, 0.1) is 12.8 Å². The lowest BCUT2D eigenvalue weighted by molar-refractivity contribution is -0.138. The second-order valence-corrected chi connectivity index (χ2v) is 9.76. The van der Waals surface area contributed by atoms with Gasteiger partial charge in [-0.25, -0.2) is 0 Å². The van der Waals surface area contributed by atoms with Crippen LogP contribution in [0.15, 0.2) is 60.7 Å². The van der Waals surface area contributed by atoms with Crippen molar-refractivity contribution in [2.45, 2.75) is 52.4 Å². The van der Waals surface area contributed by atoms with Crippen LogP contribution in [-0.4, -0.2) is 12.8 Å². The molecule has 198 valence electrons. The number of Topliss-reactive ketones (excluding diaryl/α,β-unsaturated/α-hetero) is 1. The Kier molecular flexibility index (Phi) is 8.10. The highest BCUT2D eigenvalue weighted by Crippen LogP contribution is 2.41. The molecular formula is C29H29F6NO. The lowest BCUT2D eigenvalue weighted by Gasteiger charge is -2.27. The van der Waals surface area contributed by atoms with Crippen LogP contribution in [0.5, 0.6) is 0 Å². The van der Waals surface area contributed by atoms with Gasteiger partial charge in [0.25, 0.3) is 0 Å². The van der Waals surface area contributed by atoms with Gasteiger partial charge in [-0.1, -0.05) is 38.1 Å². The summed E-state index contributed by atoms with van der Waals surface area (Å²) in [7, 11) is 1.50. The number of halogens is 6. The third-order valence-electron chi connectivity index (χ3n) is 6.29. The third kappa shape index (κ3) is 6.73. The first kappa shape index (κ1) is 28.3. The molecule has 1 atom stereocenters. The molecule has 37 heavy (non-hydrogen) atoms. The van der Waals surface area contributed by atoms with Crippen LogP contribution in [0.2, 0.25) is 0 Å². The normalized spacial score (nSPS) is 13.1. The van der Waals surface area contributed by atoms with Crippen molar-refractivity contribution in [3.05, 3.63) is 82.9 Å². The van der Waals surface area contributed by atoms with Crippen molar-refractivity contribution in [2.24, 2.45) is 5.92 Å². The van der Waals surface area contributed by atoms with Crippen molar-refractivity contribution < 1.29 is 31.1 Å². The summed E-state index contributed by atoms with van der Waals surface area (Å²) in [5.74, 6) is -0.446. The van der Waals surface area contributed by atoms with E-state index in [-0.39, 0.29) is 17.4 Å². The third-order valence-corrected chi connectivity index (χ3v) is 6.29. The highest BCUT2D eigenvalue weighted by Gasteiger charge is 2.35. The van der Waals surface area contributed by atoms with Crippen molar-refractivity contribution in [1.82, 2.24) is 0 Å². The summed E-state index contributed by atoms with van der Waals surface area (Å²) >= 11 is 0. The Bertz CT molecular complexity index is 1260. The molecule has 0 N–H and O–H groups in total. The first-order chi connectivity index (χ1) is 17.1. The summed E-state index contributed by atoms with van der Waals surface area (Å²) in [6.45, 7) is 7.08. The van der Waals surface area contributed by atoms with Gasteiger partial charge in [-0.2, -0.15) is 26.3 Å². The number of benzene rings is 3. The van der Waals surface area contributed by atoms with Gasteiger partial charge in [0.15, 0.2) is 0 Å². The van der Waals surface area contributed by atoms with Gasteiger partial charge in [0.2, 0.25) is 0 Å². The number of hydrogen-bond donors (Lipinski definition) is 0. The molecule has 0 aliphatic carbocycles. The number of hydrogen-bond acceptors (Lipinski definition) is 2. The van der Waals surface area contributed by atoms with E-state index in [4.69, 9.17) is 0 Å². The molecule has 0 spiro atoms. The molecule has 0 fully saturated rings. The van der Waals surface area contributed by atoms with Gasteiger partial charge < -0.3 is 4.90 Å². The van der Waals surface area contributed by atoms with Gasteiger partial charge in [0.05, 0.1) is 16.8 Å². The van der Waals surface area contributed by atoms with E-state index < -0.39 is 29.4 Å². The van der Waals surface area contributed by atoms with Crippen LogP contribution in [0.3, 0.4) is 0 Å². The molecule has 1 unspecified atom stereocenters. The summed E-state index contributed by atoms with van der Waals surface area (Å²) in [5, 5.41) is 0. The number of anilines is 2. The average molecular weight is 522 g/mol. The molecular weight excluding hydrogens is 492 g/mol. The van der Waals surface area contributed by atoms with Crippen LogP contribution in [0.4, 0.5) is 37.7 Å². The second-order valence-electron chi connectivity index (χ2n) is 9.76. The topological polar surface area (TPSA) is 20.3 Å². The SMILES string of the molecule is CC(=O)C(CC(C)C)c1cc(-c2ccc(C(F)(F)F)cc2)cc(N(C)c2cc(C)ccc2C(F)(F)F)c1. The van der Waals surface area contributed by atoms with Gasteiger partial charge in [-0.3, -0.25) is 4.79 Å². The van der Waals surface area contributed by atoms with Gasteiger partial charge in [-0.05, 0) is 84.8 Å². The number of alkyl halides is 6. The Balaban J connectivity index is 2.22. The minimum atomic E-state index is -4.59. The van der Waals surface area contributed by atoms with E-state index in [2.05, 4.69) is 0 Å². The zero-order valence-electron chi connectivity index (χ0n) is 21.3. The fraction of sp³-hybridized carbons (Fsp3) is 0.345. The maximum absolute atomic E-state index is 13.8. The van der Waals surface area contributed by atoms with Crippen molar-refractivity contribution in [2.75, 3.05) is 11.9 Å². The predicted octanol–water partition coefficient (Wildman–Crippen LogP) is 9.19. The zero-order chi connectivity index (χ0) is 27.7. The predicted molar refractivity (Wildman–Crippen MR) is 134 cm³/mol. The van der Waals surface area contributed by atoms with Crippen LogP contribution < -0.4 is 4.90 Å². The number of aryl methyl sites for hydroxylation is 1. The Morgan fingerprint density at radius 2 is 1.46 bits per heavy atom. The Morgan fingerprint density at radius 3 is 1.97 bits per heavy atom. The minimum absolute atomic E-state index is 0.0637. The van der Waals surface area contributed by atoms with E-state index >= 15 is 0 Å². The maximum atomic E-state index is 13.8. The molecule has 0 saturated carbocycles. The fourth-order valence-corrected chi connectivity index (χ4v) is 4.35. The number of carbonyl (C=O) groups is 1. The van der Waals surface area contributed by atoms with Gasteiger partial charge >= 0.3 is 12.4 Å². The summed E-state index contributed by atoms with van der Waals surface area (Å²) < 4.78 is 80.8. The number of carbonyl (C=O) groups excluding carboxylic acids is 1. The molecule has 0 radical (unpaired) electrons. The van der Waals surface area contributed by atoms with E-state index in [9.17, 15) is 31.1 Å². The summed E-state index contributed by atoms with van der Waals surface area (Å²) in [4.78, 5) is 14.0. The lowest BCUT2D eigenvalue weighted by atomic mass is 9.85. The Labute approximate surface area is 212 Å². The molecule has 0 saturated heterocycles. The monoisotopic (exact) mass is 521 g/mol. The summed E-state index contributed by atoms with van der Waals surface area (Å²) in [5.41, 5.74) is 0.899. The molecule has 0 aromatic heterocycles. The number of rotatable bonds is 7. The molecule has 0 aliphatic rings. The van der Waals surface area contributed by atoms with E-state index in [0.29, 0.717) is 34.4 Å². The zero-order valence-corrected chi connectivity index (χ0v) is 21.3. The number of ketones is 1. The molecule has 3 rings (SSSR count). The van der Waals surface area contributed by atoms with Crippen LogP contribution >= 0.6 is 0 Å². The molecule has 3 aromatic rings. The minimum Gasteiger partial charge on any atom is -0.344 e. The van der Waals surface area contributed by atoms with E-state index in [1.54, 1.807) is 25.1 Å². The van der Waals surface area contributed by atoms with Crippen molar-refractivity contribution in [3.8, 4) is 11.1 Å². The first-order valence-corrected chi connectivity index (χ1v) is 11.8. The molecule has 0 amide bonds. The van der Waals surface area contributed by atoms with Crippen LogP contribution in [-0.2, 0) is 17.1 Å². The Hall–Kier alpha value is -3.29. The van der Waals surface area contributed by atoms with E-state index in [1.807, 2.05) is 13.8 Å². The van der Waals surface area contributed by atoms with Crippen LogP contribution in [0.25, 0.3) is 11.1 Å². The fourth-order valence-electron chi connectivity index (χ4n) is 4.35. The first-order valence-electron chi connectivity index (χ1n) is 11.8.